The first kappa shape index (κ1) is 17.5. The summed E-state index contributed by atoms with van der Waals surface area (Å²) in [7, 11) is 0. The monoisotopic (exact) mass is 390 g/mol. The Balaban J connectivity index is 1.42. The molecule has 28 heavy (non-hydrogen) atoms. The molecular weight excluding hydrogens is 368 g/mol. The van der Waals surface area contributed by atoms with Gasteiger partial charge in [0.25, 0.3) is 5.56 Å². The molecule has 0 spiro atoms. The second-order valence-corrected chi connectivity index (χ2v) is 8.56. The van der Waals surface area contributed by atoms with E-state index in [0.717, 1.165) is 42.8 Å². The highest BCUT2D eigenvalue weighted by molar-refractivity contribution is 7.18. The van der Waals surface area contributed by atoms with Crippen LogP contribution in [-0.4, -0.2) is 32.9 Å². The average molecular weight is 391 g/mol. The van der Waals surface area contributed by atoms with Gasteiger partial charge in [-0.05, 0) is 50.6 Å². The molecule has 5 rings (SSSR count). The molecule has 142 valence electrons. The number of hydrogen-bond acceptors (Lipinski definition) is 5. The Kier molecular flexibility index (Phi) is 4.45. The number of piperidine rings is 1. The van der Waals surface area contributed by atoms with Crippen LogP contribution in [0.1, 0.15) is 42.6 Å². The van der Waals surface area contributed by atoms with Crippen molar-refractivity contribution in [2.24, 2.45) is 0 Å². The van der Waals surface area contributed by atoms with Crippen LogP contribution in [0.5, 0.6) is 0 Å². The van der Waals surface area contributed by atoms with Crippen LogP contribution in [0.2, 0.25) is 0 Å². The fourth-order valence-corrected chi connectivity index (χ4v) is 5.19. The zero-order valence-electron chi connectivity index (χ0n) is 15.8. The molecule has 0 aliphatic carbocycles. The number of thiazole rings is 1. The van der Waals surface area contributed by atoms with Gasteiger partial charge in [0.1, 0.15) is 5.82 Å². The van der Waals surface area contributed by atoms with E-state index in [-0.39, 0.29) is 11.6 Å². The van der Waals surface area contributed by atoms with Crippen LogP contribution in [0.4, 0.5) is 0 Å². The Morgan fingerprint density at radius 2 is 1.89 bits per heavy atom. The zero-order valence-corrected chi connectivity index (χ0v) is 16.6. The number of nitrogens with zero attached hydrogens (tertiary/aromatic N) is 3. The standard InChI is InChI=1S/C22H22N4OS/c1-14(20-23-17-9-3-2-8-16(17)21(27)25-20)26-12-6-7-15(13-26)22-24-18-10-4-5-11-19(18)28-22/h2-5,8-11,14-15H,6-7,12-13H2,1H3,(H,23,25,27)/t14-,15-/m0/s1. The normalized spacial score (nSPS) is 19.2. The number of aromatic nitrogens is 3. The number of para-hydroxylation sites is 2. The van der Waals surface area contributed by atoms with E-state index < -0.39 is 0 Å². The summed E-state index contributed by atoms with van der Waals surface area (Å²) in [5.74, 6) is 1.18. The van der Waals surface area contributed by atoms with Crippen LogP contribution >= 0.6 is 11.3 Å². The predicted octanol–water partition coefficient (Wildman–Crippen LogP) is 4.47. The maximum Gasteiger partial charge on any atom is 0.258 e. The highest BCUT2D eigenvalue weighted by Crippen LogP contribution is 2.35. The molecule has 1 fully saturated rings. The molecule has 2 aromatic carbocycles. The molecule has 3 heterocycles. The van der Waals surface area contributed by atoms with E-state index in [0.29, 0.717) is 11.3 Å². The van der Waals surface area contributed by atoms with Crippen LogP contribution in [0.3, 0.4) is 0 Å². The third-order valence-electron chi connectivity index (χ3n) is 5.69. The lowest BCUT2D eigenvalue weighted by molar-refractivity contribution is 0.153. The van der Waals surface area contributed by atoms with Crippen molar-refractivity contribution in [2.45, 2.75) is 31.7 Å². The Bertz CT molecular complexity index is 1160. The Morgan fingerprint density at radius 1 is 1.11 bits per heavy atom. The third-order valence-corrected chi connectivity index (χ3v) is 6.89. The Morgan fingerprint density at radius 3 is 2.75 bits per heavy atom. The molecule has 0 amide bonds. The van der Waals surface area contributed by atoms with E-state index >= 15 is 0 Å². The molecule has 4 aromatic rings. The number of fused-ring (bicyclic) bond motifs is 2. The molecule has 2 aromatic heterocycles. The van der Waals surface area contributed by atoms with Crippen molar-refractivity contribution in [1.82, 2.24) is 19.9 Å². The van der Waals surface area contributed by atoms with Gasteiger partial charge in [0.15, 0.2) is 0 Å². The lowest BCUT2D eigenvalue weighted by atomic mass is 9.97. The molecule has 1 aliphatic heterocycles. The molecular formula is C22H22N4OS. The van der Waals surface area contributed by atoms with Crippen molar-refractivity contribution in [3.8, 4) is 0 Å². The van der Waals surface area contributed by atoms with Crippen LogP contribution in [0.25, 0.3) is 21.1 Å². The molecule has 6 heteroatoms. The van der Waals surface area contributed by atoms with Crippen molar-refractivity contribution in [3.63, 3.8) is 0 Å². The van der Waals surface area contributed by atoms with Gasteiger partial charge in [-0.1, -0.05) is 24.3 Å². The number of likely N-dealkylation sites (tertiary alicyclic amines) is 1. The summed E-state index contributed by atoms with van der Waals surface area (Å²) in [4.78, 5) is 27.5. The van der Waals surface area contributed by atoms with Crippen molar-refractivity contribution in [3.05, 3.63) is 69.7 Å². The summed E-state index contributed by atoms with van der Waals surface area (Å²) >= 11 is 1.81. The SMILES string of the molecule is C[C@@H](c1nc2ccccc2c(=O)[nH]1)N1CCC[C@H](c2nc3ccccc3s2)C1. The maximum absolute atomic E-state index is 12.4. The number of benzene rings is 2. The molecule has 5 nitrogen and oxygen atoms in total. The van der Waals surface area contributed by atoms with E-state index in [9.17, 15) is 4.79 Å². The van der Waals surface area contributed by atoms with Crippen molar-refractivity contribution < 1.29 is 0 Å². The minimum atomic E-state index is -0.0628. The third kappa shape index (κ3) is 3.12. The number of rotatable bonds is 3. The van der Waals surface area contributed by atoms with Gasteiger partial charge in [-0.2, -0.15) is 0 Å². The molecule has 1 aliphatic rings. The molecule has 1 N–H and O–H groups in total. The number of aromatic amines is 1. The Labute approximate surface area is 167 Å². The van der Waals surface area contributed by atoms with E-state index in [1.165, 1.54) is 9.71 Å². The minimum Gasteiger partial charge on any atom is -0.309 e. The topological polar surface area (TPSA) is 61.9 Å². The highest BCUT2D eigenvalue weighted by Gasteiger charge is 2.28. The van der Waals surface area contributed by atoms with Gasteiger partial charge >= 0.3 is 0 Å². The van der Waals surface area contributed by atoms with Crippen LogP contribution in [-0.2, 0) is 0 Å². The fourth-order valence-electron chi connectivity index (χ4n) is 4.10. The summed E-state index contributed by atoms with van der Waals surface area (Å²) in [6.07, 6.45) is 2.29. The number of H-pyrrole nitrogens is 1. The number of hydrogen-bond donors (Lipinski definition) is 1. The maximum atomic E-state index is 12.4. The van der Waals surface area contributed by atoms with E-state index in [2.05, 4.69) is 35.0 Å². The van der Waals surface area contributed by atoms with E-state index in [4.69, 9.17) is 9.97 Å². The quantitative estimate of drug-likeness (QED) is 0.560. The summed E-state index contributed by atoms with van der Waals surface area (Å²) in [5.41, 5.74) is 1.79. The van der Waals surface area contributed by atoms with Gasteiger partial charge in [-0.25, -0.2) is 9.97 Å². The van der Waals surface area contributed by atoms with Gasteiger partial charge in [-0.15, -0.1) is 11.3 Å². The van der Waals surface area contributed by atoms with E-state index in [1.54, 1.807) is 11.3 Å². The highest BCUT2D eigenvalue weighted by atomic mass is 32.1. The Hall–Kier alpha value is -2.57. The molecule has 0 bridgehead atoms. The van der Waals surface area contributed by atoms with Crippen molar-refractivity contribution >= 4 is 32.5 Å². The lowest BCUT2D eigenvalue weighted by Gasteiger charge is -2.35. The first-order valence-corrected chi connectivity index (χ1v) is 10.6. The summed E-state index contributed by atoms with van der Waals surface area (Å²) < 4.78 is 1.25. The first-order chi connectivity index (χ1) is 13.7. The van der Waals surface area contributed by atoms with E-state index in [1.807, 2.05) is 30.3 Å². The summed E-state index contributed by atoms with van der Waals surface area (Å²) in [6.45, 7) is 4.09. The zero-order chi connectivity index (χ0) is 19.1. The largest absolute Gasteiger partial charge is 0.309 e. The molecule has 2 atom stereocenters. The summed E-state index contributed by atoms with van der Waals surface area (Å²) in [5, 5.41) is 1.86. The van der Waals surface area contributed by atoms with Crippen molar-refractivity contribution in [1.29, 1.82) is 0 Å². The van der Waals surface area contributed by atoms with Gasteiger partial charge < -0.3 is 4.98 Å². The lowest BCUT2D eigenvalue weighted by Crippen LogP contribution is -2.37. The molecule has 0 unspecified atom stereocenters. The smallest absolute Gasteiger partial charge is 0.258 e. The summed E-state index contributed by atoms with van der Waals surface area (Å²) in [6, 6.07) is 15.9. The molecule has 1 saturated heterocycles. The van der Waals surface area contributed by atoms with Crippen LogP contribution in [0, 0.1) is 0 Å². The first-order valence-electron chi connectivity index (χ1n) is 9.77. The van der Waals surface area contributed by atoms with Gasteiger partial charge in [0.2, 0.25) is 0 Å². The fraction of sp³-hybridized carbons (Fsp3) is 0.318. The van der Waals surface area contributed by atoms with Crippen LogP contribution in [0.15, 0.2) is 53.3 Å². The minimum absolute atomic E-state index is 0.0628. The van der Waals surface area contributed by atoms with Crippen molar-refractivity contribution in [2.75, 3.05) is 13.1 Å². The number of nitrogens with one attached hydrogen (secondary N) is 1. The van der Waals surface area contributed by atoms with Gasteiger partial charge in [-0.3, -0.25) is 9.69 Å². The predicted molar refractivity (Wildman–Crippen MR) is 114 cm³/mol. The molecule has 0 saturated carbocycles. The average Bonchev–Trinajstić information content (AvgIpc) is 3.18. The second-order valence-electron chi connectivity index (χ2n) is 7.50. The second kappa shape index (κ2) is 7.11. The van der Waals surface area contributed by atoms with Gasteiger partial charge in [0.05, 0.1) is 32.2 Å². The van der Waals surface area contributed by atoms with Crippen LogP contribution < -0.4 is 5.56 Å². The van der Waals surface area contributed by atoms with Gasteiger partial charge in [0, 0.05) is 12.5 Å². The molecule has 0 radical (unpaired) electrons.